The summed E-state index contributed by atoms with van der Waals surface area (Å²) in [5.41, 5.74) is 0. The molecular formula is C9H16N3+. The van der Waals surface area contributed by atoms with Gasteiger partial charge in [-0.3, -0.25) is 5.32 Å². The number of aromatic nitrogens is 2. The Morgan fingerprint density at radius 3 is 3.25 bits per heavy atom. The standard InChI is InChI=1S/C9H16N3/c1-2-11-7-4-8-12(11)9-5-3-6-10-9/h4,7-10H,2-3,5-6H2,1H3/q+1. The molecule has 0 amide bonds. The quantitative estimate of drug-likeness (QED) is 0.641. The lowest BCUT2D eigenvalue weighted by Gasteiger charge is -2.09. The molecule has 1 unspecified atom stereocenters. The van der Waals surface area contributed by atoms with E-state index in [2.05, 4.69) is 40.1 Å². The summed E-state index contributed by atoms with van der Waals surface area (Å²) in [5, 5.41) is 3.48. The van der Waals surface area contributed by atoms with Crippen molar-refractivity contribution in [3.8, 4) is 0 Å². The van der Waals surface area contributed by atoms with Gasteiger partial charge in [0.1, 0.15) is 6.17 Å². The summed E-state index contributed by atoms with van der Waals surface area (Å²) in [6.45, 7) is 4.38. The largest absolute Gasteiger partial charge is 0.292 e. The molecule has 1 aliphatic rings. The summed E-state index contributed by atoms with van der Waals surface area (Å²) in [5.74, 6) is 0. The van der Waals surface area contributed by atoms with E-state index in [1.165, 1.54) is 12.8 Å². The van der Waals surface area contributed by atoms with Crippen LogP contribution < -0.4 is 10.00 Å². The van der Waals surface area contributed by atoms with Crippen LogP contribution in [0.15, 0.2) is 18.5 Å². The fraction of sp³-hybridized carbons (Fsp3) is 0.667. The first kappa shape index (κ1) is 7.80. The van der Waals surface area contributed by atoms with Crippen LogP contribution in [0.4, 0.5) is 0 Å². The summed E-state index contributed by atoms with van der Waals surface area (Å²) >= 11 is 0. The number of nitrogens with one attached hydrogen (secondary N) is 1. The van der Waals surface area contributed by atoms with Crippen LogP contribution in [0, 0.1) is 0 Å². The zero-order chi connectivity index (χ0) is 8.39. The first-order chi connectivity index (χ1) is 5.92. The molecule has 0 saturated carbocycles. The fourth-order valence-electron chi connectivity index (χ4n) is 1.83. The molecule has 0 spiro atoms. The van der Waals surface area contributed by atoms with Crippen molar-refractivity contribution in [2.24, 2.45) is 0 Å². The van der Waals surface area contributed by atoms with Gasteiger partial charge in [-0.05, 0) is 26.3 Å². The van der Waals surface area contributed by atoms with Crippen LogP contribution in [-0.2, 0) is 6.54 Å². The number of hydrogen-bond donors (Lipinski definition) is 1. The summed E-state index contributed by atoms with van der Waals surface area (Å²) in [7, 11) is 0. The van der Waals surface area contributed by atoms with E-state index in [9.17, 15) is 0 Å². The van der Waals surface area contributed by atoms with Gasteiger partial charge in [-0.15, -0.1) is 9.36 Å². The van der Waals surface area contributed by atoms with E-state index in [-0.39, 0.29) is 0 Å². The van der Waals surface area contributed by atoms with Gasteiger partial charge in [0.2, 0.25) is 0 Å². The maximum Gasteiger partial charge on any atom is 0.195 e. The molecule has 1 aromatic heterocycles. The lowest BCUT2D eigenvalue weighted by Crippen LogP contribution is -2.45. The van der Waals surface area contributed by atoms with Crippen LogP contribution in [0.3, 0.4) is 0 Å². The molecule has 1 fully saturated rings. The van der Waals surface area contributed by atoms with Crippen molar-refractivity contribution >= 4 is 0 Å². The minimum Gasteiger partial charge on any atom is -0.292 e. The van der Waals surface area contributed by atoms with E-state index < -0.39 is 0 Å². The molecule has 66 valence electrons. The highest BCUT2D eigenvalue weighted by molar-refractivity contribution is 4.77. The van der Waals surface area contributed by atoms with Gasteiger partial charge in [0.15, 0.2) is 12.7 Å². The van der Waals surface area contributed by atoms with Gasteiger partial charge < -0.3 is 0 Å². The van der Waals surface area contributed by atoms with Gasteiger partial charge >= 0.3 is 0 Å². The minimum absolute atomic E-state index is 0.528. The Morgan fingerprint density at radius 2 is 2.58 bits per heavy atom. The molecule has 1 aliphatic heterocycles. The van der Waals surface area contributed by atoms with Crippen LogP contribution in [-0.4, -0.2) is 11.2 Å². The maximum atomic E-state index is 3.48. The lowest BCUT2D eigenvalue weighted by atomic mass is 10.3. The van der Waals surface area contributed by atoms with Gasteiger partial charge in [-0.1, -0.05) is 0 Å². The van der Waals surface area contributed by atoms with Crippen molar-refractivity contribution in [3.05, 3.63) is 18.5 Å². The summed E-state index contributed by atoms with van der Waals surface area (Å²) in [6, 6.07) is 2.10. The van der Waals surface area contributed by atoms with Gasteiger partial charge in [0.25, 0.3) is 0 Å². The minimum atomic E-state index is 0.528. The number of hydrogen-bond acceptors (Lipinski definition) is 1. The Bertz CT molecular complexity index is 248. The number of aryl methyl sites for hydroxylation is 1. The maximum absolute atomic E-state index is 3.48. The first-order valence-electron chi connectivity index (χ1n) is 4.72. The second-order valence-corrected chi connectivity index (χ2v) is 3.24. The average Bonchev–Trinajstić information content (AvgIpc) is 2.74. The van der Waals surface area contributed by atoms with Crippen molar-refractivity contribution in [1.29, 1.82) is 0 Å². The molecule has 3 heteroatoms. The number of rotatable bonds is 2. The van der Waals surface area contributed by atoms with Gasteiger partial charge in [-0.25, -0.2) is 0 Å². The third-order valence-corrected chi connectivity index (χ3v) is 2.47. The second-order valence-electron chi connectivity index (χ2n) is 3.24. The van der Waals surface area contributed by atoms with Crippen molar-refractivity contribution in [2.75, 3.05) is 6.54 Å². The van der Waals surface area contributed by atoms with Gasteiger partial charge in [0, 0.05) is 6.07 Å². The Hall–Kier alpha value is -0.830. The van der Waals surface area contributed by atoms with Crippen molar-refractivity contribution in [1.82, 2.24) is 10.00 Å². The third kappa shape index (κ3) is 1.25. The fourth-order valence-corrected chi connectivity index (χ4v) is 1.83. The molecule has 0 aromatic carbocycles. The van der Waals surface area contributed by atoms with Crippen LogP contribution >= 0.6 is 0 Å². The highest BCUT2D eigenvalue weighted by Gasteiger charge is 2.20. The number of nitrogens with zero attached hydrogens (tertiary/aromatic N) is 2. The normalized spacial score (nSPS) is 23.2. The zero-order valence-corrected chi connectivity index (χ0v) is 7.53. The highest BCUT2D eigenvalue weighted by atomic mass is 15.4. The Labute approximate surface area is 73.0 Å². The van der Waals surface area contributed by atoms with E-state index in [4.69, 9.17) is 0 Å². The SMILES string of the molecule is CC[n+]1cccn1C1CCCN1. The molecule has 3 nitrogen and oxygen atoms in total. The monoisotopic (exact) mass is 166 g/mol. The van der Waals surface area contributed by atoms with E-state index in [1.807, 2.05) is 0 Å². The lowest BCUT2D eigenvalue weighted by molar-refractivity contribution is -0.775. The molecule has 0 radical (unpaired) electrons. The van der Waals surface area contributed by atoms with Crippen molar-refractivity contribution in [3.63, 3.8) is 0 Å². The average molecular weight is 166 g/mol. The molecule has 1 aromatic rings. The predicted molar refractivity (Wildman–Crippen MR) is 46.6 cm³/mol. The molecule has 1 saturated heterocycles. The van der Waals surface area contributed by atoms with Gasteiger partial charge in [-0.2, -0.15) is 0 Å². The molecule has 12 heavy (non-hydrogen) atoms. The van der Waals surface area contributed by atoms with Crippen molar-refractivity contribution < 1.29 is 4.68 Å². The van der Waals surface area contributed by atoms with Gasteiger partial charge in [0.05, 0.1) is 6.20 Å². The second kappa shape index (κ2) is 3.27. The summed E-state index contributed by atoms with van der Waals surface area (Å²) < 4.78 is 4.52. The zero-order valence-electron chi connectivity index (χ0n) is 7.53. The van der Waals surface area contributed by atoms with E-state index in [1.54, 1.807) is 0 Å². The summed E-state index contributed by atoms with van der Waals surface area (Å²) in [4.78, 5) is 0. The Morgan fingerprint density at radius 1 is 1.67 bits per heavy atom. The molecule has 1 atom stereocenters. The van der Waals surface area contributed by atoms with Crippen molar-refractivity contribution in [2.45, 2.75) is 32.5 Å². The first-order valence-corrected chi connectivity index (χ1v) is 4.72. The van der Waals surface area contributed by atoms with Crippen LogP contribution in [0.5, 0.6) is 0 Å². The molecule has 0 bridgehead atoms. The van der Waals surface area contributed by atoms with E-state index in [0.717, 1.165) is 13.1 Å². The Balaban J connectivity index is 2.19. The third-order valence-electron chi connectivity index (χ3n) is 2.47. The highest BCUT2D eigenvalue weighted by Crippen LogP contribution is 2.13. The van der Waals surface area contributed by atoms with Crippen LogP contribution in [0.2, 0.25) is 0 Å². The van der Waals surface area contributed by atoms with Crippen LogP contribution in [0.25, 0.3) is 0 Å². The molecule has 1 N–H and O–H groups in total. The van der Waals surface area contributed by atoms with E-state index >= 15 is 0 Å². The summed E-state index contributed by atoms with van der Waals surface area (Å²) in [6.07, 6.45) is 7.35. The molecular weight excluding hydrogens is 150 g/mol. The van der Waals surface area contributed by atoms with Crippen LogP contribution in [0.1, 0.15) is 25.9 Å². The molecule has 2 heterocycles. The smallest absolute Gasteiger partial charge is 0.195 e. The molecule has 2 rings (SSSR count). The Kier molecular flexibility index (Phi) is 2.13. The predicted octanol–water partition coefficient (Wildman–Crippen LogP) is 0.677. The van der Waals surface area contributed by atoms with E-state index in [0.29, 0.717) is 6.17 Å². The molecule has 0 aliphatic carbocycles. The topological polar surface area (TPSA) is 20.8 Å².